The summed E-state index contributed by atoms with van der Waals surface area (Å²) in [5.74, 6) is 1.85. The molecule has 0 bridgehead atoms. The van der Waals surface area contributed by atoms with Gasteiger partial charge in [-0.05, 0) is 36.6 Å². The van der Waals surface area contributed by atoms with E-state index in [1.807, 2.05) is 12.1 Å². The molecule has 1 aromatic carbocycles. The van der Waals surface area contributed by atoms with Crippen molar-refractivity contribution in [1.29, 1.82) is 0 Å². The summed E-state index contributed by atoms with van der Waals surface area (Å²) in [5, 5.41) is 3.38. The van der Waals surface area contributed by atoms with Gasteiger partial charge in [0.2, 0.25) is 0 Å². The van der Waals surface area contributed by atoms with Gasteiger partial charge in [-0.2, -0.15) is 0 Å². The fourth-order valence-corrected chi connectivity index (χ4v) is 2.66. The highest BCUT2D eigenvalue weighted by molar-refractivity contribution is 14.0. The Kier molecular flexibility index (Phi) is 6.30. The molecule has 0 fully saturated rings. The molecule has 0 spiro atoms. The maximum Gasteiger partial charge on any atom is 0.194 e. The van der Waals surface area contributed by atoms with Crippen molar-refractivity contribution >= 4 is 29.9 Å². The van der Waals surface area contributed by atoms with Gasteiger partial charge in [-0.25, -0.2) is 4.99 Å². The first kappa shape index (κ1) is 16.9. The van der Waals surface area contributed by atoms with Gasteiger partial charge in [0.15, 0.2) is 5.96 Å². The van der Waals surface area contributed by atoms with Gasteiger partial charge in [-0.15, -0.1) is 24.0 Å². The number of nitrogens with zero attached hydrogens (tertiary/aromatic N) is 2. The van der Waals surface area contributed by atoms with E-state index in [9.17, 15) is 0 Å². The molecule has 3 rings (SSSR count). The minimum atomic E-state index is 0. The molecule has 0 unspecified atom stereocenters. The monoisotopic (exact) mass is 411 g/mol. The van der Waals surface area contributed by atoms with Crippen LogP contribution in [0.15, 0.2) is 52.1 Å². The van der Waals surface area contributed by atoms with Gasteiger partial charge < -0.3 is 14.6 Å². The van der Waals surface area contributed by atoms with Crippen LogP contribution in [0.2, 0.25) is 0 Å². The zero-order valence-corrected chi connectivity index (χ0v) is 15.1. The van der Waals surface area contributed by atoms with Crippen LogP contribution in [0.4, 0.5) is 0 Å². The lowest BCUT2D eigenvalue weighted by Crippen LogP contribution is -2.44. The summed E-state index contributed by atoms with van der Waals surface area (Å²) < 4.78 is 5.35. The minimum Gasteiger partial charge on any atom is -0.467 e. The average Bonchev–Trinajstić information content (AvgIpc) is 3.04. The second-order valence-electron chi connectivity index (χ2n) is 5.19. The van der Waals surface area contributed by atoms with Gasteiger partial charge in [0.25, 0.3) is 0 Å². The van der Waals surface area contributed by atoms with Crippen LogP contribution in [0, 0.1) is 0 Å². The highest BCUT2D eigenvalue weighted by atomic mass is 127. The van der Waals surface area contributed by atoms with Crippen molar-refractivity contribution in [2.75, 3.05) is 13.1 Å². The van der Waals surface area contributed by atoms with Crippen LogP contribution in [-0.2, 0) is 19.5 Å². The third-order valence-electron chi connectivity index (χ3n) is 3.73. The van der Waals surface area contributed by atoms with Gasteiger partial charge >= 0.3 is 0 Å². The summed E-state index contributed by atoms with van der Waals surface area (Å²) >= 11 is 0. The van der Waals surface area contributed by atoms with Crippen LogP contribution in [-0.4, -0.2) is 23.9 Å². The third kappa shape index (κ3) is 4.03. The molecule has 1 aliphatic heterocycles. The molecule has 0 saturated carbocycles. The van der Waals surface area contributed by atoms with E-state index >= 15 is 0 Å². The average molecular weight is 411 g/mol. The molecular weight excluding hydrogens is 389 g/mol. The number of aliphatic imine (C=N–C) groups is 1. The van der Waals surface area contributed by atoms with E-state index in [1.54, 1.807) is 6.26 Å². The van der Waals surface area contributed by atoms with E-state index in [0.717, 1.165) is 37.8 Å². The van der Waals surface area contributed by atoms with Crippen LogP contribution in [0.1, 0.15) is 23.8 Å². The molecule has 1 aromatic heterocycles. The van der Waals surface area contributed by atoms with Crippen molar-refractivity contribution in [2.24, 2.45) is 4.99 Å². The summed E-state index contributed by atoms with van der Waals surface area (Å²) in [6, 6.07) is 12.5. The molecule has 118 valence electrons. The first-order chi connectivity index (χ1) is 10.4. The Hall–Kier alpha value is -1.50. The summed E-state index contributed by atoms with van der Waals surface area (Å²) in [6.45, 7) is 5.46. The lowest BCUT2D eigenvalue weighted by molar-refractivity contribution is 0.377. The molecular formula is C17H22IN3O. The fourth-order valence-electron chi connectivity index (χ4n) is 2.66. The van der Waals surface area contributed by atoms with Gasteiger partial charge in [0.05, 0.1) is 6.26 Å². The van der Waals surface area contributed by atoms with Crippen molar-refractivity contribution in [3.63, 3.8) is 0 Å². The molecule has 0 saturated heterocycles. The predicted molar refractivity (Wildman–Crippen MR) is 99.5 cm³/mol. The summed E-state index contributed by atoms with van der Waals surface area (Å²) in [4.78, 5) is 7.00. The third-order valence-corrected chi connectivity index (χ3v) is 3.73. The zero-order valence-electron chi connectivity index (χ0n) is 12.8. The lowest BCUT2D eigenvalue weighted by atomic mass is 10.0. The number of hydrogen-bond donors (Lipinski definition) is 1. The number of benzene rings is 1. The van der Waals surface area contributed by atoms with Crippen LogP contribution in [0.3, 0.4) is 0 Å². The molecule has 2 heterocycles. The Bertz CT molecular complexity index is 610. The maximum absolute atomic E-state index is 5.35. The second kappa shape index (κ2) is 8.22. The Morgan fingerprint density at radius 1 is 1.23 bits per heavy atom. The zero-order chi connectivity index (χ0) is 14.5. The first-order valence-corrected chi connectivity index (χ1v) is 7.49. The van der Waals surface area contributed by atoms with E-state index in [4.69, 9.17) is 9.41 Å². The molecule has 5 heteroatoms. The van der Waals surface area contributed by atoms with Crippen molar-refractivity contribution in [2.45, 2.75) is 26.4 Å². The van der Waals surface area contributed by atoms with Crippen LogP contribution in [0.5, 0.6) is 0 Å². The van der Waals surface area contributed by atoms with E-state index in [-0.39, 0.29) is 24.0 Å². The minimum absolute atomic E-state index is 0. The van der Waals surface area contributed by atoms with Gasteiger partial charge in [-0.3, -0.25) is 0 Å². The van der Waals surface area contributed by atoms with Crippen molar-refractivity contribution in [3.05, 3.63) is 59.5 Å². The molecule has 4 nitrogen and oxygen atoms in total. The number of fused-ring (bicyclic) bond motifs is 1. The highest BCUT2D eigenvalue weighted by Gasteiger charge is 2.18. The maximum atomic E-state index is 5.35. The topological polar surface area (TPSA) is 40.8 Å². The van der Waals surface area contributed by atoms with Gasteiger partial charge in [0.1, 0.15) is 12.3 Å². The molecule has 0 amide bonds. The number of halogens is 1. The number of rotatable bonds is 3. The normalized spacial score (nSPS) is 14.2. The summed E-state index contributed by atoms with van der Waals surface area (Å²) in [6.07, 6.45) is 2.76. The molecule has 2 aromatic rings. The van der Waals surface area contributed by atoms with E-state index in [2.05, 4.69) is 41.4 Å². The molecule has 1 N–H and O–H groups in total. The smallest absolute Gasteiger partial charge is 0.194 e. The second-order valence-corrected chi connectivity index (χ2v) is 5.19. The van der Waals surface area contributed by atoms with Crippen molar-refractivity contribution in [1.82, 2.24) is 10.2 Å². The van der Waals surface area contributed by atoms with Crippen LogP contribution >= 0.6 is 24.0 Å². The quantitative estimate of drug-likeness (QED) is 0.478. The van der Waals surface area contributed by atoms with E-state index < -0.39 is 0 Å². The number of furan rings is 1. The predicted octanol–water partition coefficient (Wildman–Crippen LogP) is 3.42. The van der Waals surface area contributed by atoms with Crippen LogP contribution < -0.4 is 5.32 Å². The summed E-state index contributed by atoms with van der Waals surface area (Å²) in [5.41, 5.74) is 2.85. The van der Waals surface area contributed by atoms with Gasteiger partial charge in [-0.1, -0.05) is 24.3 Å². The van der Waals surface area contributed by atoms with Crippen LogP contribution in [0.25, 0.3) is 0 Å². The standard InChI is InChI=1S/C17H21N3O.HI/c1-2-18-17(19-12-16-8-5-11-21-16)20-10-9-14-6-3-4-7-15(14)13-20;/h3-8,11H,2,9-10,12-13H2,1H3,(H,18,19);1H. The van der Waals surface area contributed by atoms with Crippen molar-refractivity contribution < 1.29 is 4.42 Å². The Morgan fingerprint density at radius 3 is 2.77 bits per heavy atom. The molecule has 0 aliphatic carbocycles. The Labute approximate surface area is 148 Å². The van der Waals surface area contributed by atoms with E-state index in [1.165, 1.54) is 11.1 Å². The summed E-state index contributed by atoms with van der Waals surface area (Å²) in [7, 11) is 0. The number of hydrogen-bond acceptors (Lipinski definition) is 2. The highest BCUT2D eigenvalue weighted by Crippen LogP contribution is 2.18. The van der Waals surface area contributed by atoms with Crippen molar-refractivity contribution in [3.8, 4) is 0 Å². The molecule has 1 aliphatic rings. The Morgan fingerprint density at radius 2 is 2.05 bits per heavy atom. The van der Waals surface area contributed by atoms with E-state index in [0.29, 0.717) is 6.54 Å². The number of nitrogens with one attached hydrogen (secondary N) is 1. The molecule has 0 radical (unpaired) electrons. The molecule has 0 atom stereocenters. The molecule has 22 heavy (non-hydrogen) atoms. The Balaban J connectivity index is 0.00000176. The first-order valence-electron chi connectivity index (χ1n) is 7.49. The number of guanidine groups is 1. The fraction of sp³-hybridized carbons (Fsp3) is 0.353. The SMILES string of the molecule is CCNC(=NCc1ccco1)N1CCc2ccccc2C1.I. The van der Waals surface area contributed by atoms with Gasteiger partial charge in [0, 0.05) is 19.6 Å². The largest absolute Gasteiger partial charge is 0.467 e. The lowest BCUT2D eigenvalue weighted by Gasteiger charge is -2.31.